The highest BCUT2D eigenvalue weighted by Gasteiger charge is 2.27. The molecule has 1 aromatic heterocycles. The number of ether oxygens (including phenoxy) is 4. The summed E-state index contributed by atoms with van der Waals surface area (Å²) < 4.78 is 36.1. The molecule has 0 atom stereocenters. The van der Waals surface area contributed by atoms with Crippen LogP contribution in [0.2, 0.25) is 0 Å². The summed E-state index contributed by atoms with van der Waals surface area (Å²) in [7, 11) is 6.19. The Morgan fingerprint density at radius 3 is 2.30 bits per heavy atom. The van der Waals surface area contributed by atoms with Gasteiger partial charge < -0.3 is 23.8 Å². The fourth-order valence-corrected chi connectivity index (χ4v) is 4.69. The van der Waals surface area contributed by atoms with E-state index in [0.29, 0.717) is 53.2 Å². The maximum atomic E-state index is 14.3. The minimum absolute atomic E-state index is 0.125. The molecular formula is C28H26FN3O5. The van der Waals surface area contributed by atoms with E-state index in [0.717, 1.165) is 16.9 Å². The molecule has 1 amide bonds. The lowest BCUT2D eigenvalue weighted by molar-refractivity contribution is 0.0730. The molecule has 5 rings (SSSR count). The molecule has 8 nitrogen and oxygen atoms in total. The van der Waals surface area contributed by atoms with Crippen LogP contribution >= 0.6 is 0 Å². The van der Waals surface area contributed by atoms with Gasteiger partial charge in [-0.1, -0.05) is 12.1 Å². The molecule has 0 saturated heterocycles. The lowest BCUT2D eigenvalue weighted by Gasteiger charge is -2.30. The number of carbonyl (C=O) groups excluding carboxylic acids is 1. The molecule has 37 heavy (non-hydrogen) atoms. The van der Waals surface area contributed by atoms with Crippen LogP contribution in [0.25, 0.3) is 22.3 Å². The number of hydrogen-bond acceptors (Lipinski definition) is 7. The summed E-state index contributed by atoms with van der Waals surface area (Å²) in [6.07, 6.45) is 0.641. The Kier molecular flexibility index (Phi) is 6.52. The number of carbonyl (C=O) groups is 1. The average Bonchev–Trinajstić information content (AvgIpc) is 2.94. The van der Waals surface area contributed by atoms with E-state index in [4.69, 9.17) is 18.9 Å². The van der Waals surface area contributed by atoms with E-state index in [9.17, 15) is 9.18 Å². The second kappa shape index (κ2) is 9.93. The second-order valence-corrected chi connectivity index (χ2v) is 8.55. The molecular weight excluding hydrogens is 477 g/mol. The van der Waals surface area contributed by atoms with E-state index >= 15 is 0 Å². The van der Waals surface area contributed by atoms with Crippen LogP contribution in [0.3, 0.4) is 0 Å². The van der Waals surface area contributed by atoms with Crippen molar-refractivity contribution in [1.29, 1.82) is 0 Å². The van der Waals surface area contributed by atoms with Crippen molar-refractivity contribution in [3.63, 3.8) is 0 Å². The Bertz CT molecular complexity index is 1480. The van der Waals surface area contributed by atoms with Crippen LogP contribution in [0.15, 0.2) is 48.5 Å². The Hall–Kier alpha value is -4.40. The summed E-state index contributed by atoms with van der Waals surface area (Å²) >= 11 is 0. The first kappa shape index (κ1) is 24.3. The normalized spacial score (nSPS) is 12.7. The van der Waals surface area contributed by atoms with Gasteiger partial charge in [0.2, 0.25) is 5.75 Å². The van der Waals surface area contributed by atoms with Crippen molar-refractivity contribution in [3.05, 3.63) is 71.2 Å². The van der Waals surface area contributed by atoms with Crippen molar-refractivity contribution in [2.75, 3.05) is 35.0 Å². The van der Waals surface area contributed by atoms with E-state index in [-0.39, 0.29) is 17.4 Å². The van der Waals surface area contributed by atoms with Crippen LogP contribution in [0.5, 0.6) is 23.0 Å². The molecule has 0 aliphatic carbocycles. The first-order chi connectivity index (χ1) is 18.0. The van der Waals surface area contributed by atoms with Crippen molar-refractivity contribution in [2.45, 2.75) is 13.0 Å². The summed E-state index contributed by atoms with van der Waals surface area (Å²) in [6.45, 7) is 0.873. The number of nitrogens with zero attached hydrogens (tertiary/aromatic N) is 3. The molecule has 0 radical (unpaired) electrons. The van der Waals surface area contributed by atoms with Gasteiger partial charge >= 0.3 is 0 Å². The highest BCUT2D eigenvalue weighted by atomic mass is 19.1. The van der Waals surface area contributed by atoms with E-state index in [1.54, 1.807) is 30.2 Å². The summed E-state index contributed by atoms with van der Waals surface area (Å²) in [5.41, 5.74) is 3.23. The first-order valence-electron chi connectivity index (χ1n) is 11.7. The van der Waals surface area contributed by atoms with Gasteiger partial charge in [-0.15, -0.1) is 0 Å². The molecule has 2 heterocycles. The number of fused-ring (bicyclic) bond motifs is 2. The van der Waals surface area contributed by atoms with Crippen LogP contribution in [-0.2, 0) is 13.0 Å². The first-order valence-corrected chi connectivity index (χ1v) is 11.7. The minimum atomic E-state index is -0.473. The van der Waals surface area contributed by atoms with Gasteiger partial charge in [0.15, 0.2) is 17.3 Å². The van der Waals surface area contributed by atoms with Gasteiger partial charge in [-0.25, -0.2) is 14.4 Å². The standard InChI is InChI=1S/C28H26FN3O5/c1-34-22-7-5-6-16-15-32(11-10-19(16)22)28(33)25-20-14-18(29)8-9-21(20)30-27(31-25)17-12-23(35-2)26(37-4)24(13-17)36-3/h5-9,12-14H,10-11,15H2,1-4H3. The van der Waals surface area contributed by atoms with Crippen LogP contribution in [0.4, 0.5) is 4.39 Å². The molecule has 0 bridgehead atoms. The summed E-state index contributed by atoms with van der Waals surface area (Å²) in [4.78, 5) is 24.8. The van der Waals surface area contributed by atoms with Gasteiger partial charge in [-0.3, -0.25) is 4.79 Å². The largest absolute Gasteiger partial charge is 0.496 e. The quantitative estimate of drug-likeness (QED) is 0.378. The van der Waals surface area contributed by atoms with Crippen LogP contribution in [0, 0.1) is 5.82 Å². The molecule has 0 saturated carbocycles. The number of aromatic nitrogens is 2. The van der Waals surface area contributed by atoms with Gasteiger partial charge in [0, 0.05) is 29.6 Å². The smallest absolute Gasteiger partial charge is 0.273 e. The van der Waals surface area contributed by atoms with Gasteiger partial charge in [0.05, 0.1) is 34.0 Å². The van der Waals surface area contributed by atoms with E-state index < -0.39 is 5.82 Å². The van der Waals surface area contributed by atoms with E-state index in [2.05, 4.69) is 9.97 Å². The predicted molar refractivity (Wildman–Crippen MR) is 136 cm³/mol. The number of amides is 1. The summed E-state index contributed by atoms with van der Waals surface area (Å²) in [5, 5.41) is 0.345. The van der Waals surface area contributed by atoms with Crippen molar-refractivity contribution < 1.29 is 28.1 Å². The number of halogens is 1. The Morgan fingerprint density at radius 1 is 0.892 bits per heavy atom. The summed E-state index contributed by atoms with van der Waals surface area (Å²) in [5.74, 6) is 1.59. The predicted octanol–water partition coefficient (Wildman–Crippen LogP) is 4.67. The third kappa shape index (κ3) is 4.37. The molecule has 9 heteroatoms. The number of benzene rings is 3. The van der Waals surface area contributed by atoms with E-state index in [1.165, 1.54) is 33.5 Å². The topological polar surface area (TPSA) is 83.0 Å². The molecule has 0 N–H and O–H groups in total. The van der Waals surface area contributed by atoms with Crippen molar-refractivity contribution >= 4 is 16.8 Å². The number of rotatable bonds is 6. The third-order valence-electron chi connectivity index (χ3n) is 6.51. The van der Waals surface area contributed by atoms with Gasteiger partial charge in [-0.2, -0.15) is 0 Å². The third-order valence-corrected chi connectivity index (χ3v) is 6.51. The molecule has 1 aliphatic heterocycles. The molecule has 4 aromatic rings. The van der Waals surface area contributed by atoms with Gasteiger partial charge in [0.1, 0.15) is 17.3 Å². The molecule has 190 valence electrons. The second-order valence-electron chi connectivity index (χ2n) is 8.55. The van der Waals surface area contributed by atoms with E-state index in [1.807, 2.05) is 18.2 Å². The van der Waals surface area contributed by atoms with Gasteiger partial charge in [0.25, 0.3) is 5.91 Å². The minimum Gasteiger partial charge on any atom is -0.496 e. The monoisotopic (exact) mass is 503 g/mol. The van der Waals surface area contributed by atoms with Gasteiger partial charge in [-0.05, 0) is 48.4 Å². The van der Waals surface area contributed by atoms with Crippen LogP contribution in [0.1, 0.15) is 21.6 Å². The maximum Gasteiger partial charge on any atom is 0.273 e. The van der Waals surface area contributed by atoms with Crippen molar-refractivity contribution in [2.24, 2.45) is 0 Å². The number of methoxy groups -OCH3 is 4. The molecule has 0 spiro atoms. The lowest BCUT2D eigenvalue weighted by Crippen LogP contribution is -2.36. The Labute approximate surface area is 213 Å². The fraction of sp³-hybridized carbons (Fsp3) is 0.250. The Morgan fingerprint density at radius 2 is 1.62 bits per heavy atom. The van der Waals surface area contributed by atoms with Crippen LogP contribution < -0.4 is 18.9 Å². The van der Waals surface area contributed by atoms with Crippen LogP contribution in [-0.4, -0.2) is 55.8 Å². The zero-order valence-corrected chi connectivity index (χ0v) is 21.0. The zero-order valence-electron chi connectivity index (χ0n) is 21.0. The molecule has 1 aliphatic rings. The fourth-order valence-electron chi connectivity index (χ4n) is 4.69. The SMILES string of the molecule is COc1cccc2c1CCN(C(=O)c1nc(-c3cc(OC)c(OC)c(OC)c3)nc3ccc(F)cc13)C2. The Balaban J connectivity index is 1.62. The summed E-state index contributed by atoms with van der Waals surface area (Å²) in [6, 6.07) is 13.4. The number of hydrogen-bond donors (Lipinski definition) is 0. The molecule has 0 unspecified atom stereocenters. The van der Waals surface area contributed by atoms with Crippen molar-refractivity contribution in [3.8, 4) is 34.4 Å². The molecule has 0 fully saturated rings. The maximum absolute atomic E-state index is 14.3. The lowest BCUT2D eigenvalue weighted by atomic mass is 9.98. The van der Waals surface area contributed by atoms with Crippen molar-refractivity contribution in [1.82, 2.24) is 14.9 Å². The highest BCUT2D eigenvalue weighted by Crippen LogP contribution is 2.41. The highest BCUT2D eigenvalue weighted by molar-refractivity contribution is 6.05. The molecule has 3 aromatic carbocycles. The average molecular weight is 504 g/mol. The zero-order chi connectivity index (χ0) is 26.1.